The molecule has 0 N–H and O–H groups in total. The van der Waals surface area contributed by atoms with Crippen LogP contribution in [0.1, 0.15) is 17.0 Å². The van der Waals surface area contributed by atoms with Crippen LogP contribution in [0.3, 0.4) is 0 Å². The number of thioether (sulfide) groups is 1. The topological polar surface area (TPSA) is 91.1 Å². The summed E-state index contributed by atoms with van der Waals surface area (Å²) in [6, 6.07) is 23.1. The first kappa shape index (κ1) is 21.3. The quantitative estimate of drug-likeness (QED) is 0.321. The van der Waals surface area contributed by atoms with Crippen LogP contribution in [-0.2, 0) is 5.75 Å². The van der Waals surface area contributed by atoms with E-state index in [0.29, 0.717) is 33.8 Å². The van der Waals surface area contributed by atoms with E-state index >= 15 is 0 Å². The van der Waals surface area contributed by atoms with Crippen molar-refractivity contribution in [2.45, 2.75) is 24.8 Å². The number of fused-ring (bicyclic) bond motifs is 3. The van der Waals surface area contributed by atoms with Crippen LogP contribution in [0.2, 0.25) is 0 Å². The largest absolute Gasteiger partial charge is 0.334 e. The van der Waals surface area contributed by atoms with Gasteiger partial charge in [0.25, 0.3) is 11.4 Å². The molecule has 6 rings (SSSR count). The average molecular weight is 481 g/mol. The summed E-state index contributed by atoms with van der Waals surface area (Å²) in [6.45, 7) is 4.04. The van der Waals surface area contributed by atoms with Crippen LogP contribution in [0.5, 0.6) is 0 Å². The first-order valence-corrected chi connectivity index (χ1v) is 12.1. The number of hydrogen-bond acceptors (Lipinski definition) is 7. The van der Waals surface area contributed by atoms with Crippen LogP contribution < -0.4 is 5.56 Å². The van der Waals surface area contributed by atoms with Crippen molar-refractivity contribution in [2.24, 2.45) is 0 Å². The second-order valence-electron chi connectivity index (χ2n) is 8.17. The minimum atomic E-state index is -0.128. The van der Waals surface area contributed by atoms with Gasteiger partial charge in [0, 0.05) is 5.56 Å². The molecule has 6 aromatic rings. The SMILES string of the molecule is Cc1cccc(-n2c(=O)c3ccccc3n3c(SCc4noc(-c5ccccc5)n4)nnc23)c1C. The average Bonchev–Trinajstić information content (AvgIpc) is 3.53. The molecule has 0 radical (unpaired) electrons. The Labute approximate surface area is 204 Å². The lowest BCUT2D eigenvalue weighted by atomic mass is 10.1. The molecule has 35 heavy (non-hydrogen) atoms. The van der Waals surface area contributed by atoms with E-state index in [9.17, 15) is 4.79 Å². The van der Waals surface area contributed by atoms with E-state index in [-0.39, 0.29) is 5.56 Å². The second kappa shape index (κ2) is 8.52. The van der Waals surface area contributed by atoms with E-state index in [2.05, 4.69) is 20.3 Å². The first-order chi connectivity index (χ1) is 17.1. The van der Waals surface area contributed by atoms with Gasteiger partial charge in [-0.2, -0.15) is 4.98 Å². The molecule has 0 spiro atoms. The molecule has 8 nitrogen and oxygen atoms in total. The van der Waals surface area contributed by atoms with Crippen LogP contribution in [0.15, 0.2) is 87.3 Å². The minimum Gasteiger partial charge on any atom is -0.334 e. The zero-order valence-electron chi connectivity index (χ0n) is 19.0. The highest BCUT2D eigenvalue weighted by atomic mass is 32.2. The lowest BCUT2D eigenvalue weighted by molar-refractivity contribution is 0.425. The lowest BCUT2D eigenvalue weighted by Crippen LogP contribution is -2.22. The fraction of sp³-hybridized carbons (Fsp3) is 0.115. The van der Waals surface area contributed by atoms with E-state index < -0.39 is 0 Å². The fourth-order valence-corrected chi connectivity index (χ4v) is 4.89. The fourth-order valence-electron chi connectivity index (χ4n) is 4.11. The van der Waals surface area contributed by atoms with E-state index in [4.69, 9.17) is 4.52 Å². The summed E-state index contributed by atoms with van der Waals surface area (Å²) >= 11 is 1.44. The maximum atomic E-state index is 13.6. The third kappa shape index (κ3) is 3.60. The Balaban J connectivity index is 1.45. The molecule has 0 fully saturated rings. The van der Waals surface area contributed by atoms with E-state index in [0.717, 1.165) is 27.9 Å². The number of para-hydroxylation sites is 1. The van der Waals surface area contributed by atoms with Gasteiger partial charge in [-0.1, -0.05) is 59.4 Å². The Morgan fingerprint density at radius 3 is 2.57 bits per heavy atom. The standard InChI is InChI=1S/C26H20N6O2S/c1-16-9-8-14-20(17(16)2)31-24(33)19-12-6-7-13-21(19)32-25(31)28-29-26(32)35-15-22-27-23(34-30-22)18-10-4-3-5-11-18/h3-14H,15H2,1-2H3. The Kier molecular flexibility index (Phi) is 5.18. The summed E-state index contributed by atoms with van der Waals surface area (Å²) in [5.41, 5.74) is 4.40. The van der Waals surface area contributed by atoms with E-state index in [1.807, 2.05) is 91.0 Å². The van der Waals surface area contributed by atoms with Crippen LogP contribution >= 0.6 is 11.8 Å². The summed E-state index contributed by atoms with van der Waals surface area (Å²) in [7, 11) is 0. The molecule has 3 heterocycles. The third-order valence-corrected chi connectivity index (χ3v) is 6.96. The molecule has 172 valence electrons. The monoisotopic (exact) mass is 480 g/mol. The molecule has 0 unspecified atom stereocenters. The zero-order chi connectivity index (χ0) is 23.9. The second-order valence-corrected chi connectivity index (χ2v) is 9.11. The summed E-state index contributed by atoms with van der Waals surface area (Å²) < 4.78 is 8.99. The molecule has 3 aromatic heterocycles. The molecular formula is C26H20N6O2S. The molecular weight excluding hydrogens is 460 g/mol. The molecule has 0 aliphatic rings. The highest BCUT2D eigenvalue weighted by Crippen LogP contribution is 2.27. The van der Waals surface area contributed by atoms with Crippen molar-refractivity contribution in [1.82, 2.24) is 29.3 Å². The number of nitrogens with zero attached hydrogens (tertiary/aromatic N) is 6. The van der Waals surface area contributed by atoms with Gasteiger partial charge in [-0.25, -0.2) is 4.57 Å². The molecule has 0 bridgehead atoms. The first-order valence-electron chi connectivity index (χ1n) is 11.1. The Morgan fingerprint density at radius 1 is 0.914 bits per heavy atom. The van der Waals surface area contributed by atoms with E-state index in [1.165, 1.54) is 11.8 Å². The van der Waals surface area contributed by atoms with Gasteiger partial charge in [-0.05, 0) is 55.3 Å². The lowest BCUT2D eigenvalue weighted by Gasteiger charge is -2.14. The predicted molar refractivity (Wildman–Crippen MR) is 135 cm³/mol. The summed E-state index contributed by atoms with van der Waals surface area (Å²) in [5.74, 6) is 1.93. The number of benzene rings is 3. The molecule has 9 heteroatoms. The Morgan fingerprint density at radius 2 is 1.71 bits per heavy atom. The van der Waals surface area contributed by atoms with Gasteiger partial charge in [-0.3, -0.25) is 9.20 Å². The van der Waals surface area contributed by atoms with Crippen molar-refractivity contribution in [3.05, 3.63) is 100 Å². The molecule has 0 saturated carbocycles. The van der Waals surface area contributed by atoms with E-state index in [1.54, 1.807) is 4.57 Å². The Hall–Kier alpha value is -4.24. The van der Waals surface area contributed by atoms with Gasteiger partial charge >= 0.3 is 0 Å². The third-order valence-electron chi connectivity index (χ3n) is 6.03. The van der Waals surface area contributed by atoms with Crippen molar-refractivity contribution in [3.63, 3.8) is 0 Å². The normalized spacial score (nSPS) is 11.5. The highest BCUT2D eigenvalue weighted by Gasteiger charge is 2.20. The van der Waals surface area contributed by atoms with Crippen molar-refractivity contribution in [2.75, 3.05) is 0 Å². The number of aryl methyl sites for hydroxylation is 1. The summed E-state index contributed by atoms with van der Waals surface area (Å²) in [4.78, 5) is 18.1. The number of hydrogen-bond donors (Lipinski definition) is 0. The summed E-state index contributed by atoms with van der Waals surface area (Å²) in [6.07, 6.45) is 0. The van der Waals surface area contributed by atoms with Crippen LogP contribution in [0.4, 0.5) is 0 Å². The van der Waals surface area contributed by atoms with Crippen molar-refractivity contribution >= 4 is 28.4 Å². The number of rotatable bonds is 5. The van der Waals surface area contributed by atoms with Crippen molar-refractivity contribution in [1.29, 1.82) is 0 Å². The highest BCUT2D eigenvalue weighted by molar-refractivity contribution is 7.98. The maximum absolute atomic E-state index is 13.6. The van der Waals surface area contributed by atoms with Gasteiger partial charge < -0.3 is 4.52 Å². The van der Waals surface area contributed by atoms with Crippen LogP contribution in [0.25, 0.3) is 33.8 Å². The van der Waals surface area contributed by atoms with Crippen molar-refractivity contribution < 1.29 is 4.52 Å². The molecule has 3 aromatic carbocycles. The minimum absolute atomic E-state index is 0.128. The van der Waals surface area contributed by atoms with Crippen LogP contribution in [0, 0.1) is 13.8 Å². The van der Waals surface area contributed by atoms with Gasteiger partial charge in [-0.15, -0.1) is 10.2 Å². The molecule has 0 aliphatic carbocycles. The Bertz CT molecular complexity index is 1750. The van der Waals surface area contributed by atoms with Crippen molar-refractivity contribution in [3.8, 4) is 17.1 Å². The molecule has 0 aliphatic heterocycles. The van der Waals surface area contributed by atoms with Gasteiger partial charge in [0.05, 0.1) is 22.3 Å². The summed E-state index contributed by atoms with van der Waals surface area (Å²) in [5, 5.41) is 14.2. The number of aromatic nitrogens is 6. The van der Waals surface area contributed by atoms with Gasteiger partial charge in [0.1, 0.15) is 0 Å². The predicted octanol–water partition coefficient (Wildman–Crippen LogP) is 4.99. The van der Waals surface area contributed by atoms with Crippen LogP contribution in [-0.4, -0.2) is 29.3 Å². The molecule has 0 atom stereocenters. The maximum Gasteiger partial charge on any atom is 0.267 e. The van der Waals surface area contributed by atoms with Gasteiger partial charge in [0.15, 0.2) is 11.0 Å². The van der Waals surface area contributed by atoms with Gasteiger partial charge in [0.2, 0.25) is 5.78 Å². The molecule has 0 saturated heterocycles. The zero-order valence-corrected chi connectivity index (χ0v) is 19.9. The smallest absolute Gasteiger partial charge is 0.267 e. The molecule has 0 amide bonds.